The summed E-state index contributed by atoms with van der Waals surface area (Å²) in [6.45, 7) is 3.75. The molecule has 0 bridgehead atoms. The van der Waals surface area contributed by atoms with Crippen molar-refractivity contribution < 1.29 is 17.9 Å². The Balaban J connectivity index is 1.22. The zero-order chi connectivity index (χ0) is 27.4. The van der Waals surface area contributed by atoms with E-state index in [-0.39, 0.29) is 24.0 Å². The number of pyridine rings is 1. The molecule has 1 saturated heterocycles. The van der Waals surface area contributed by atoms with Crippen molar-refractivity contribution in [1.29, 1.82) is 0 Å². The highest BCUT2D eigenvalue weighted by atomic mass is 19.4. The maximum Gasteiger partial charge on any atom is 0.435 e. The zero-order valence-electron chi connectivity index (χ0n) is 21.4. The van der Waals surface area contributed by atoms with E-state index in [9.17, 15) is 13.2 Å². The standard InChI is InChI=1S/C27H23F3N9O/c1-16-5-8-23(35-34-16)32-17-6-7-22-20(11-17)31-15-38(22)24-3-2-4-25(33-24)39-21-9-10-37(18-13-40-14-18)12-19(21)26(36-39)27(28,29)30/h2-3,5-8,11,15,18H,9-10,12-14H2,1H3,(H,32,35). The molecule has 40 heavy (non-hydrogen) atoms. The highest BCUT2D eigenvalue weighted by molar-refractivity contribution is 5.81. The van der Waals surface area contributed by atoms with Crippen molar-refractivity contribution in [2.45, 2.75) is 32.1 Å². The lowest BCUT2D eigenvalue weighted by Gasteiger charge is -2.39. The van der Waals surface area contributed by atoms with Crippen molar-refractivity contribution in [2.24, 2.45) is 0 Å². The van der Waals surface area contributed by atoms with E-state index in [2.05, 4.69) is 36.6 Å². The van der Waals surface area contributed by atoms with Gasteiger partial charge in [0.2, 0.25) is 0 Å². The quantitative estimate of drug-likeness (QED) is 0.353. The first-order valence-electron chi connectivity index (χ1n) is 12.8. The number of halogens is 3. The van der Waals surface area contributed by atoms with Crippen LogP contribution in [0.3, 0.4) is 0 Å². The lowest BCUT2D eigenvalue weighted by molar-refractivity contribution is -0.142. The number of ether oxygens (including phenoxy) is 1. The minimum Gasteiger partial charge on any atom is -0.378 e. The second-order valence-corrected chi connectivity index (χ2v) is 9.87. The smallest absolute Gasteiger partial charge is 0.378 e. The number of aryl methyl sites for hydroxylation is 1. The summed E-state index contributed by atoms with van der Waals surface area (Å²) in [5.74, 6) is 1.30. The van der Waals surface area contributed by atoms with Gasteiger partial charge in [-0.1, -0.05) is 0 Å². The van der Waals surface area contributed by atoms with Gasteiger partial charge in [0.25, 0.3) is 0 Å². The third-order valence-electron chi connectivity index (χ3n) is 7.22. The molecule has 0 amide bonds. The summed E-state index contributed by atoms with van der Waals surface area (Å²) in [7, 11) is 0. The average Bonchev–Trinajstić information content (AvgIpc) is 3.51. The summed E-state index contributed by atoms with van der Waals surface area (Å²) in [4.78, 5) is 11.2. The fourth-order valence-corrected chi connectivity index (χ4v) is 5.09. The van der Waals surface area contributed by atoms with Gasteiger partial charge >= 0.3 is 6.18 Å². The Bertz CT molecular complexity index is 1710. The van der Waals surface area contributed by atoms with Crippen molar-refractivity contribution in [3.8, 4) is 11.6 Å². The number of rotatable bonds is 5. The monoisotopic (exact) mass is 546 g/mol. The van der Waals surface area contributed by atoms with Gasteiger partial charge in [-0.05, 0) is 49.4 Å². The average molecular weight is 547 g/mol. The van der Waals surface area contributed by atoms with E-state index in [1.54, 1.807) is 23.0 Å². The second kappa shape index (κ2) is 9.38. The van der Waals surface area contributed by atoms with Crippen LogP contribution >= 0.6 is 0 Å². The van der Waals surface area contributed by atoms with E-state index in [1.165, 1.54) is 4.68 Å². The van der Waals surface area contributed by atoms with E-state index in [0.717, 1.165) is 16.9 Å². The van der Waals surface area contributed by atoms with Crippen LogP contribution in [0.5, 0.6) is 0 Å². The van der Waals surface area contributed by atoms with E-state index in [4.69, 9.17) is 4.74 Å². The van der Waals surface area contributed by atoms with Crippen LogP contribution in [0.4, 0.5) is 24.7 Å². The number of benzene rings is 1. The molecule has 203 valence electrons. The first-order chi connectivity index (χ1) is 19.3. The van der Waals surface area contributed by atoms with Crippen LogP contribution < -0.4 is 5.32 Å². The fourth-order valence-electron chi connectivity index (χ4n) is 5.09. The fraction of sp³-hybridized carbons (Fsp3) is 0.296. The molecule has 2 aliphatic rings. The summed E-state index contributed by atoms with van der Waals surface area (Å²) in [5, 5.41) is 15.4. The number of imidazole rings is 1. The normalized spacial score (nSPS) is 16.2. The number of anilines is 2. The van der Waals surface area contributed by atoms with Crippen LogP contribution in [0, 0.1) is 13.0 Å². The van der Waals surface area contributed by atoms with Gasteiger partial charge in [-0.2, -0.15) is 23.4 Å². The second-order valence-electron chi connectivity index (χ2n) is 9.87. The number of nitrogens with one attached hydrogen (secondary N) is 1. The van der Waals surface area contributed by atoms with Crippen LogP contribution in [-0.4, -0.2) is 65.2 Å². The molecule has 0 saturated carbocycles. The topological polar surface area (TPSA) is 98.8 Å². The minimum atomic E-state index is -4.58. The molecule has 1 N–H and O–H groups in total. The highest BCUT2D eigenvalue weighted by Crippen LogP contribution is 2.37. The Hall–Kier alpha value is -4.36. The molecule has 10 nitrogen and oxygen atoms in total. The van der Waals surface area contributed by atoms with Gasteiger partial charge in [0, 0.05) is 36.8 Å². The van der Waals surface area contributed by atoms with E-state index >= 15 is 0 Å². The maximum atomic E-state index is 14.0. The molecule has 4 aromatic heterocycles. The number of hydrogen-bond donors (Lipinski definition) is 1. The van der Waals surface area contributed by atoms with Crippen molar-refractivity contribution >= 4 is 22.5 Å². The molecule has 1 radical (unpaired) electrons. The molecule has 0 spiro atoms. The number of hydrogen-bond acceptors (Lipinski definition) is 8. The van der Waals surface area contributed by atoms with Crippen molar-refractivity contribution in [3.05, 3.63) is 77.5 Å². The summed E-state index contributed by atoms with van der Waals surface area (Å²) in [6.07, 6.45) is -2.53. The Labute approximate surface area is 226 Å². The Kier molecular flexibility index (Phi) is 5.78. The first kappa shape index (κ1) is 24.7. The summed E-state index contributed by atoms with van der Waals surface area (Å²) in [5.41, 5.74) is 2.92. The molecule has 0 aliphatic carbocycles. The lowest BCUT2D eigenvalue weighted by atomic mass is 10.0. The Morgan fingerprint density at radius 1 is 1.10 bits per heavy atom. The highest BCUT2D eigenvalue weighted by Gasteiger charge is 2.42. The van der Waals surface area contributed by atoms with Gasteiger partial charge in [-0.15, -0.1) is 5.10 Å². The minimum absolute atomic E-state index is 0.139. The molecule has 1 aromatic carbocycles. The van der Waals surface area contributed by atoms with Crippen LogP contribution in [-0.2, 0) is 23.9 Å². The number of alkyl halides is 3. The predicted octanol–water partition coefficient (Wildman–Crippen LogP) is 4.02. The molecule has 7 rings (SSSR count). The van der Waals surface area contributed by atoms with Crippen molar-refractivity contribution in [1.82, 2.24) is 39.4 Å². The van der Waals surface area contributed by atoms with Crippen LogP contribution in [0.15, 0.2) is 48.8 Å². The summed E-state index contributed by atoms with van der Waals surface area (Å²) >= 11 is 0. The zero-order valence-corrected chi connectivity index (χ0v) is 21.4. The van der Waals surface area contributed by atoms with Gasteiger partial charge in [-0.3, -0.25) is 9.47 Å². The van der Waals surface area contributed by atoms with Crippen LogP contribution in [0.2, 0.25) is 0 Å². The van der Waals surface area contributed by atoms with Crippen molar-refractivity contribution in [2.75, 3.05) is 25.1 Å². The third kappa shape index (κ3) is 4.36. The molecule has 5 aromatic rings. The lowest BCUT2D eigenvalue weighted by Crippen LogP contribution is -2.50. The van der Waals surface area contributed by atoms with E-state index < -0.39 is 11.9 Å². The third-order valence-corrected chi connectivity index (χ3v) is 7.22. The van der Waals surface area contributed by atoms with Crippen LogP contribution in [0.25, 0.3) is 22.7 Å². The summed E-state index contributed by atoms with van der Waals surface area (Å²) in [6, 6.07) is 15.8. The molecule has 2 aliphatic heterocycles. The number of aromatic nitrogens is 7. The molecule has 13 heteroatoms. The van der Waals surface area contributed by atoms with E-state index in [0.29, 0.717) is 49.0 Å². The number of fused-ring (bicyclic) bond motifs is 2. The largest absolute Gasteiger partial charge is 0.435 e. The van der Waals surface area contributed by atoms with Gasteiger partial charge < -0.3 is 10.1 Å². The van der Waals surface area contributed by atoms with Gasteiger partial charge in [-0.25, -0.2) is 14.6 Å². The van der Waals surface area contributed by atoms with Gasteiger partial charge in [0.15, 0.2) is 17.3 Å². The Morgan fingerprint density at radius 3 is 2.73 bits per heavy atom. The predicted molar refractivity (Wildman–Crippen MR) is 139 cm³/mol. The van der Waals surface area contributed by atoms with E-state index in [1.807, 2.05) is 42.2 Å². The van der Waals surface area contributed by atoms with Gasteiger partial charge in [0.1, 0.15) is 12.1 Å². The molecule has 0 unspecified atom stereocenters. The Morgan fingerprint density at radius 2 is 1.98 bits per heavy atom. The van der Waals surface area contributed by atoms with Crippen LogP contribution in [0.1, 0.15) is 22.6 Å². The SMILES string of the molecule is Cc1ccc(Nc2ccc3c(c2)ncn3-c2cc[c]c(-n3nc(C(F)(F)F)c4c3CCN(C3COC3)C4)n2)nn1. The maximum absolute atomic E-state index is 14.0. The molecule has 6 heterocycles. The molecule has 1 fully saturated rings. The van der Waals surface area contributed by atoms with Crippen molar-refractivity contribution in [3.63, 3.8) is 0 Å². The first-order valence-corrected chi connectivity index (χ1v) is 12.8. The van der Waals surface area contributed by atoms with Gasteiger partial charge in [0.05, 0.1) is 41.7 Å². The molecular weight excluding hydrogens is 523 g/mol. The molecular formula is C27H23F3N9O. The molecule has 0 atom stereocenters. The summed E-state index contributed by atoms with van der Waals surface area (Å²) < 4.78 is 50.4. The number of nitrogens with zero attached hydrogens (tertiary/aromatic N) is 8.